The first-order chi connectivity index (χ1) is 13.8. The maximum Gasteiger partial charge on any atom is 0.255 e. The number of anilines is 1. The quantitative estimate of drug-likeness (QED) is 0.684. The summed E-state index contributed by atoms with van der Waals surface area (Å²) in [5, 5.41) is 2.84. The summed E-state index contributed by atoms with van der Waals surface area (Å²) in [6, 6.07) is 11.5. The number of carbonyl (C=O) groups excluding carboxylic acids is 1. The van der Waals surface area contributed by atoms with Gasteiger partial charge in [-0.1, -0.05) is 0 Å². The van der Waals surface area contributed by atoms with Gasteiger partial charge in [0.2, 0.25) is 10.0 Å². The Bertz CT molecular complexity index is 1130. The average Bonchev–Trinajstić information content (AvgIpc) is 3.15. The predicted octanol–water partition coefficient (Wildman–Crippen LogP) is 3.35. The van der Waals surface area contributed by atoms with Gasteiger partial charge in [-0.3, -0.25) is 4.79 Å². The van der Waals surface area contributed by atoms with Crippen LogP contribution in [-0.2, 0) is 14.8 Å². The Balaban J connectivity index is 1.50. The molecule has 0 spiro atoms. The van der Waals surface area contributed by atoms with Gasteiger partial charge in [0.1, 0.15) is 0 Å². The van der Waals surface area contributed by atoms with E-state index in [9.17, 15) is 13.2 Å². The normalized spacial score (nSPS) is 20.6. The highest BCUT2D eigenvalue weighted by atomic mass is 32.2. The molecule has 29 heavy (non-hydrogen) atoms. The number of morpholine rings is 1. The SMILES string of the molecule is C[C@@H]1CN(S(=O)(=O)c2ccc(C(=O)Nc3ccc4ncsc4c3)cc2)C[C@H](C)O1. The van der Waals surface area contributed by atoms with E-state index in [-0.39, 0.29) is 23.0 Å². The van der Waals surface area contributed by atoms with Crippen LogP contribution < -0.4 is 5.32 Å². The second kappa shape index (κ2) is 7.83. The molecule has 0 saturated carbocycles. The van der Waals surface area contributed by atoms with Crippen molar-refractivity contribution in [3.63, 3.8) is 0 Å². The van der Waals surface area contributed by atoms with Crippen LogP contribution in [0, 0.1) is 0 Å². The summed E-state index contributed by atoms with van der Waals surface area (Å²) in [6.45, 7) is 4.34. The number of benzene rings is 2. The summed E-state index contributed by atoms with van der Waals surface area (Å²) >= 11 is 1.50. The number of ether oxygens (including phenoxy) is 1. The minimum absolute atomic E-state index is 0.158. The number of sulfonamides is 1. The van der Waals surface area contributed by atoms with Crippen LogP contribution in [0.4, 0.5) is 5.69 Å². The van der Waals surface area contributed by atoms with Crippen molar-refractivity contribution in [2.45, 2.75) is 31.0 Å². The molecule has 1 aliphatic rings. The molecule has 1 aliphatic heterocycles. The van der Waals surface area contributed by atoms with Crippen molar-refractivity contribution >= 4 is 43.2 Å². The van der Waals surface area contributed by atoms with Crippen LogP contribution in [0.1, 0.15) is 24.2 Å². The van der Waals surface area contributed by atoms with E-state index in [1.54, 1.807) is 11.6 Å². The fourth-order valence-corrected chi connectivity index (χ4v) is 5.70. The number of nitrogens with one attached hydrogen (secondary N) is 1. The number of hydrogen-bond acceptors (Lipinski definition) is 6. The van der Waals surface area contributed by atoms with Crippen LogP contribution in [0.3, 0.4) is 0 Å². The molecule has 1 amide bonds. The van der Waals surface area contributed by atoms with Crippen molar-refractivity contribution in [2.24, 2.45) is 0 Å². The summed E-state index contributed by atoms with van der Waals surface area (Å²) in [4.78, 5) is 16.9. The van der Waals surface area contributed by atoms with Crippen molar-refractivity contribution in [3.8, 4) is 0 Å². The lowest BCUT2D eigenvalue weighted by Crippen LogP contribution is -2.48. The van der Waals surface area contributed by atoms with E-state index >= 15 is 0 Å². The summed E-state index contributed by atoms with van der Waals surface area (Å²) in [6.07, 6.45) is -0.316. The summed E-state index contributed by atoms with van der Waals surface area (Å²) < 4.78 is 33.9. The number of thiazole rings is 1. The van der Waals surface area contributed by atoms with E-state index in [1.807, 2.05) is 26.0 Å². The molecule has 1 saturated heterocycles. The molecule has 1 fully saturated rings. The number of aromatic nitrogens is 1. The third-order valence-electron chi connectivity index (χ3n) is 4.73. The summed E-state index contributed by atoms with van der Waals surface area (Å²) in [5.41, 5.74) is 3.69. The highest BCUT2D eigenvalue weighted by molar-refractivity contribution is 7.89. The van der Waals surface area contributed by atoms with E-state index in [4.69, 9.17) is 4.74 Å². The molecular formula is C20H21N3O4S2. The second-order valence-corrected chi connectivity index (χ2v) is 9.92. The minimum atomic E-state index is -3.63. The molecule has 1 aromatic heterocycles. The molecule has 2 atom stereocenters. The first-order valence-corrected chi connectivity index (χ1v) is 11.5. The fraction of sp³-hybridized carbons (Fsp3) is 0.300. The molecule has 2 aromatic carbocycles. The van der Waals surface area contributed by atoms with E-state index in [0.717, 1.165) is 10.2 Å². The van der Waals surface area contributed by atoms with E-state index in [1.165, 1.54) is 39.9 Å². The Morgan fingerprint density at radius 2 is 1.83 bits per heavy atom. The van der Waals surface area contributed by atoms with Crippen molar-refractivity contribution in [2.75, 3.05) is 18.4 Å². The Morgan fingerprint density at radius 3 is 2.52 bits per heavy atom. The number of fused-ring (bicyclic) bond motifs is 1. The second-order valence-electron chi connectivity index (χ2n) is 7.09. The van der Waals surface area contributed by atoms with Crippen molar-refractivity contribution in [1.29, 1.82) is 0 Å². The lowest BCUT2D eigenvalue weighted by molar-refractivity contribution is -0.0440. The van der Waals surface area contributed by atoms with Gasteiger partial charge in [-0.15, -0.1) is 11.3 Å². The Kier molecular flexibility index (Phi) is 5.39. The molecule has 0 bridgehead atoms. The average molecular weight is 432 g/mol. The number of amides is 1. The third-order valence-corrected chi connectivity index (χ3v) is 7.37. The maximum atomic E-state index is 12.9. The number of carbonyl (C=O) groups is 1. The fourth-order valence-electron chi connectivity index (χ4n) is 3.39. The molecule has 7 nitrogen and oxygen atoms in total. The molecule has 0 unspecified atom stereocenters. The first kappa shape index (κ1) is 20.0. The van der Waals surface area contributed by atoms with Crippen molar-refractivity contribution in [3.05, 3.63) is 53.5 Å². The third kappa shape index (κ3) is 4.18. The minimum Gasteiger partial charge on any atom is -0.373 e. The molecule has 2 heterocycles. The Hall–Kier alpha value is -2.33. The molecule has 0 radical (unpaired) electrons. The van der Waals surface area contributed by atoms with Crippen LogP contribution in [0.25, 0.3) is 10.2 Å². The molecule has 4 rings (SSSR count). The molecule has 152 valence electrons. The summed E-state index contributed by atoms with van der Waals surface area (Å²) in [7, 11) is -3.63. The maximum absolute atomic E-state index is 12.9. The van der Waals surface area contributed by atoms with E-state index in [0.29, 0.717) is 24.3 Å². The summed E-state index contributed by atoms with van der Waals surface area (Å²) in [5.74, 6) is -0.300. The topological polar surface area (TPSA) is 88.6 Å². The lowest BCUT2D eigenvalue weighted by Gasteiger charge is -2.34. The molecular weight excluding hydrogens is 410 g/mol. The largest absolute Gasteiger partial charge is 0.373 e. The zero-order chi connectivity index (χ0) is 20.6. The van der Waals surface area contributed by atoms with Gasteiger partial charge in [-0.25, -0.2) is 13.4 Å². The van der Waals surface area contributed by atoms with E-state index < -0.39 is 10.0 Å². The number of nitrogens with zero attached hydrogens (tertiary/aromatic N) is 2. The Labute approximate surface area is 173 Å². The van der Waals surface area contributed by atoms with Crippen LogP contribution in [0.15, 0.2) is 52.9 Å². The Morgan fingerprint density at radius 1 is 1.14 bits per heavy atom. The molecule has 0 aliphatic carbocycles. The van der Waals surface area contributed by atoms with Gasteiger partial charge in [-0.2, -0.15) is 4.31 Å². The van der Waals surface area contributed by atoms with Gasteiger partial charge in [0.05, 0.1) is 32.8 Å². The number of hydrogen-bond donors (Lipinski definition) is 1. The van der Waals surface area contributed by atoms with Crippen LogP contribution in [0.2, 0.25) is 0 Å². The van der Waals surface area contributed by atoms with Gasteiger partial charge in [0.25, 0.3) is 5.91 Å². The number of rotatable bonds is 4. The smallest absolute Gasteiger partial charge is 0.255 e. The standard InChI is InChI=1S/C20H21N3O4S2/c1-13-10-23(11-14(2)27-13)29(25,26)17-6-3-15(4-7-17)20(24)22-16-5-8-18-19(9-16)28-12-21-18/h3-9,12-14H,10-11H2,1-2H3,(H,22,24)/t13-,14+. The zero-order valence-electron chi connectivity index (χ0n) is 16.0. The predicted molar refractivity (Wildman–Crippen MR) is 113 cm³/mol. The van der Waals surface area contributed by atoms with Gasteiger partial charge in [-0.05, 0) is 56.3 Å². The first-order valence-electron chi connectivity index (χ1n) is 9.23. The van der Waals surface area contributed by atoms with Crippen LogP contribution in [-0.4, -0.2) is 48.9 Å². The van der Waals surface area contributed by atoms with Crippen LogP contribution >= 0.6 is 11.3 Å². The van der Waals surface area contributed by atoms with Crippen molar-refractivity contribution < 1.29 is 17.9 Å². The highest BCUT2D eigenvalue weighted by Crippen LogP contribution is 2.24. The monoisotopic (exact) mass is 431 g/mol. The van der Waals surface area contributed by atoms with E-state index in [2.05, 4.69) is 10.3 Å². The van der Waals surface area contributed by atoms with Crippen LogP contribution in [0.5, 0.6) is 0 Å². The van der Waals surface area contributed by atoms with Gasteiger partial charge >= 0.3 is 0 Å². The lowest BCUT2D eigenvalue weighted by atomic mass is 10.2. The molecule has 9 heteroatoms. The van der Waals surface area contributed by atoms with Gasteiger partial charge < -0.3 is 10.1 Å². The zero-order valence-corrected chi connectivity index (χ0v) is 17.7. The molecule has 3 aromatic rings. The van der Waals surface area contributed by atoms with Gasteiger partial charge in [0, 0.05) is 24.3 Å². The van der Waals surface area contributed by atoms with Crippen molar-refractivity contribution in [1.82, 2.24) is 9.29 Å². The molecule has 1 N–H and O–H groups in total. The van der Waals surface area contributed by atoms with Gasteiger partial charge in [0.15, 0.2) is 0 Å². The highest BCUT2D eigenvalue weighted by Gasteiger charge is 2.32.